The van der Waals surface area contributed by atoms with Crippen LogP contribution in [-0.2, 0) is 9.53 Å². The standard InChI is InChI=1S/C12H22ClNO2/c1-4-16-11-5-10(6-11)7-12(15)14(3)8-9(2)13/h9-11H,4-8H2,1-3H3. The highest BCUT2D eigenvalue weighted by molar-refractivity contribution is 6.20. The molecule has 0 spiro atoms. The van der Waals surface area contributed by atoms with E-state index in [1.165, 1.54) is 0 Å². The molecular formula is C12H22ClNO2. The number of ether oxygens (including phenoxy) is 1. The smallest absolute Gasteiger partial charge is 0.222 e. The largest absolute Gasteiger partial charge is 0.378 e. The van der Waals surface area contributed by atoms with E-state index < -0.39 is 0 Å². The van der Waals surface area contributed by atoms with Crippen molar-refractivity contribution >= 4 is 17.5 Å². The summed E-state index contributed by atoms with van der Waals surface area (Å²) in [7, 11) is 1.82. The van der Waals surface area contributed by atoms with Crippen molar-refractivity contribution in [2.75, 3.05) is 20.2 Å². The number of amides is 1. The molecule has 3 nitrogen and oxygen atoms in total. The van der Waals surface area contributed by atoms with Crippen LogP contribution >= 0.6 is 11.6 Å². The maximum absolute atomic E-state index is 11.8. The highest BCUT2D eigenvalue weighted by Crippen LogP contribution is 2.32. The molecule has 1 unspecified atom stereocenters. The molecular weight excluding hydrogens is 226 g/mol. The molecule has 1 saturated carbocycles. The fourth-order valence-corrected chi connectivity index (χ4v) is 2.30. The lowest BCUT2D eigenvalue weighted by Gasteiger charge is -2.35. The lowest BCUT2D eigenvalue weighted by molar-refractivity contribution is -0.133. The van der Waals surface area contributed by atoms with Gasteiger partial charge in [0.2, 0.25) is 5.91 Å². The number of rotatable bonds is 6. The first kappa shape index (κ1) is 13.8. The predicted octanol–water partition coefficient (Wildman–Crippen LogP) is 2.28. The molecule has 0 aromatic heterocycles. The van der Waals surface area contributed by atoms with Gasteiger partial charge in [-0.25, -0.2) is 0 Å². The number of hydrogen-bond acceptors (Lipinski definition) is 2. The molecule has 1 rings (SSSR count). The van der Waals surface area contributed by atoms with Gasteiger partial charge < -0.3 is 9.64 Å². The summed E-state index contributed by atoms with van der Waals surface area (Å²) in [6.45, 7) is 5.31. The lowest BCUT2D eigenvalue weighted by Crippen LogP contribution is -2.37. The van der Waals surface area contributed by atoms with Crippen molar-refractivity contribution in [3.8, 4) is 0 Å². The van der Waals surface area contributed by atoms with Gasteiger partial charge in [-0.1, -0.05) is 0 Å². The summed E-state index contributed by atoms with van der Waals surface area (Å²) in [5.74, 6) is 0.713. The third-order valence-corrected chi connectivity index (χ3v) is 3.15. The van der Waals surface area contributed by atoms with Crippen molar-refractivity contribution in [2.24, 2.45) is 5.92 Å². The van der Waals surface area contributed by atoms with E-state index in [-0.39, 0.29) is 11.3 Å². The SMILES string of the molecule is CCOC1CC(CC(=O)N(C)CC(C)Cl)C1. The minimum absolute atomic E-state index is 0.0199. The first-order chi connectivity index (χ1) is 7.52. The molecule has 0 aromatic carbocycles. The van der Waals surface area contributed by atoms with E-state index in [0.717, 1.165) is 19.4 Å². The Hall–Kier alpha value is -0.280. The number of carbonyl (C=O) groups excluding carboxylic acids is 1. The van der Waals surface area contributed by atoms with Crippen LogP contribution in [0.4, 0.5) is 0 Å². The van der Waals surface area contributed by atoms with Crippen LogP contribution in [0.5, 0.6) is 0 Å². The van der Waals surface area contributed by atoms with Crippen molar-refractivity contribution in [2.45, 2.75) is 44.6 Å². The molecule has 1 amide bonds. The second-order valence-electron chi connectivity index (χ2n) is 4.67. The van der Waals surface area contributed by atoms with Gasteiger partial charge in [-0.2, -0.15) is 0 Å². The summed E-state index contributed by atoms with van der Waals surface area (Å²) in [5, 5.41) is 0.0199. The zero-order chi connectivity index (χ0) is 12.1. The first-order valence-corrected chi connectivity index (χ1v) is 6.46. The third-order valence-electron chi connectivity index (χ3n) is 3.01. The van der Waals surface area contributed by atoms with Gasteiger partial charge in [-0.15, -0.1) is 11.6 Å². The zero-order valence-electron chi connectivity index (χ0n) is 10.4. The zero-order valence-corrected chi connectivity index (χ0v) is 11.2. The van der Waals surface area contributed by atoms with Crippen molar-refractivity contribution in [1.82, 2.24) is 4.90 Å². The molecule has 1 aliphatic rings. The van der Waals surface area contributed by atoms with Crippen molar-refractivity contribution < 1.29 is 9.53 Å². The normalized spacial score (nSPS) is 26.0. The molecule has 16 heavy (non-hydrogen) atoms. The summed E-state index contributed by atoms with van der Waals surface area (Å²) in [4.78, 5) is 13.5. The van der Waals surface area contributed by atoms with E-state index in [9.17, 15) is 4.79 Å². The van der Waals surface area contributed by atoms with E-state index in [2.05, 4.69) is 0 Å². The Balaban J connectivity index is 2.16. The highest BCUT2D eigenvalue weighted by atomic mass is 35.5. The van der Waals surface area contributed by atoms with E-state index in [1.807, 2.05) is 20.9 Å². The maximum atomic E-state index is 11.8. The Morgan fingerprint density at radius 3 is 2.69 bits per heavy atom. The average molecular weight is 248 g/mol. The summed E-state index contributed by atoms with van der Waals surface area (Å²) in [5.41, 5.74) is 0. The Labute approximate surface area is 103 Å². The Kier molecular flexibility index (Phi) is 5.56. The number of nitrogens with zero attached hydrogens (tertiary/aromatic N) is 1. The Bertz CT molecular complexity index is 227. The van der Waals surface area contributed by atoms with Gasteiger partial charge in [0.25, 0.3) is 0 Å². The van der Waals surface area contributed by atoms with Crippen molar-refractivity contribution in [3.63, 3.8) is 0 Å². The van der Waals surface area contributed by atoms with Crippen LogP contribution in [0.1, 0.15) is 33.1 Å². The van der Waals surface area contributed by atoms with Gasteiger partial charge in [0.15, 0.2) is 0 Å². The van der Waals surface area contributed by atoms with E-state index in [4.69, 9.17) is 16.3 Å². The van der Waals surface area contributed by atoms with Crippen LogP contribution in [0.2, 0.25) is 0 Å². The molecule has 1 aliphatic carbocycles. The topological polar surface area (TPSA) is 29.5 Å². The molecule has 4 heteroatoms. The monoisotopic (exact) mass is 247 g/mol. The molecule has 0 bridgehead atoms. The second-order valence-corrected chi connectivity index (χ2v) is 5.42. The molecule has 0 aromatic rings. The summed E-state index contributed by atoms with van der Waals surface area (Å²) >= 11 is 5.85. The molecule has 0 heterocycles. The van der Waals surface area contributed by atoms with Gasteiger partial charge in [-0.05, 0) is 32.6 Å². The highest BCUT2D eigenvalue weighted by Gasteiger charge is 2.31. The number of hydrogen-bond donors (Lipinski definition) is 0. The molecule has 0 saturated heterocycles. The number of carbonyl (C=O) groups is 1. The van der Waals surface area contributed by atoms with Gasteiger partial charge in [0, 0.05) is 32.0 Å². The first-order valence-electron chi connectivity index (χ1n) is 6.02. The molecule has 1 fully saturated rings. The number of alkyl halides is 1. The maximum Gasteiger partial charge on any atom is 0.222 e. The van der Waals surface area contributed by atoms with Gasteiger partial charge in [0.1, 0.15) is 0 Å². The quantitative estimate of drug-likeness (QED) is 0.674. The molecule has 0 N–H and O–H groups in total. The fraction of sp³-hybridized carbons (Fsp3) is 0.917. The summed E-state index contributed by atoms with van der Waals surface area (Å²) < 4.78 is 5.47. The fourth-order valence-electron chi connectivity index (χ4n) is 2.09. The van der Waals surface area contributed by atoms with E-state index in [0.29, 0.717) is 25.0 Å². The minimum atomic E-state index is 0.0199. The van der Waals surface area contributed by atoms with Crippen LogP contribution in [0, 0.1) is 5.92 Å². The van der Waals surface area contributed by atoms with Crippen LogP contribution in [0.25, 0.3) is 0 Å². The van der Waals surface area contributed by atoms with Gasteiger partial charge in [-0.3, -0.25) is 4.79 Å². The van der Waals surface area contributed by atoms with Crippen LogP contribution in [0.3, 0.4) is 0 Å². The van der Waals surface area contributed by atoms with E-state index >= 15 is 0 Å². The second kappa shape index (κ2) is 6.45. The Morgan fingerprint density at radius 2 is 2.19 bits per heavy atom. The lowest BCUT2D eigenvalue weighted by atomic mass is 9.80. The third kappa shape index (κ3) is 4.30. The van der Waals surface area contributed by atoms with Gasteiger partial charge >= 0.3 is 0 Å². The minimum Gasteiger partial charge on any atom is -0.378 e. The predicted molar refractivity (Wildman–Crippen MR) is 65.7 cm³/mol. The van der Waals surface area contributed by atoms with Crippen LogP contribution in [-0.4, -0.2) is 42.5 Å². The van der Waals surface area contributed by atoms with Crippen molar-refractivity contribution in [1.29, 1.82) is 0 Å². The summed E-state index contributed by atoms with van der Waals surface area (Å²) in [6.07, 6.45) is 3.09. The van der Waals surface area contributed by atoms with Crippen LogP contribution < -0.4 is 0 Å². The molecule has 1 atom stereocenters. The molecule has 0 radical (unpaired) electrons. The summed E-state index contributed by atoms with van der Waals surface area (Å²) in [6, 6.07) is 0. The van der Waals surface area contributed by atoms with E-state index in [1.54, 1.807) is 4.90 Å². The Morgan fingerprint density at radius 1 is 1.56 bits per heavy atom. The van der Waals surface area contributed by atoms with Crippen LogP contribution in [0.15, 0.2) is 0 Å². The molecule has 0 aliphatic heterocycles. The average Bonchev–Trinajstić information content (AvgIpc) is 2.13. The van der Waals surface area contributed by atoms with Gasteiger partial charge in [0.05, 0.1) is 6.10 Å². The van der Waals surface area contributed by atoms with Crippen molar-refractivity contribution in [3.05, 3.63) is 0 Å². The number of halogens is 1. The molecule has 94 valence electrons.